The van der Waals surface area contributed by atoms with Crippen LogP contribution in [0, 0.1) is 0 Å². The summed E-state index contributed by atoms with van der Waals surface area (Å²) >= 11 is 0. The molecule has 4 nitrogen and oxygen atoms in total. The van der Waals surface area contributed by atoms with E-state index in [9.17, 15) is 4.79 Å². The van der Waals surface area contributed by atoms with Crippen LogP contribution >= 0.6 is 0 Å². The van der Waals surface area contributed by atoms with Crippen LogP contribution in [-0.4, -0.2) is 37.2 Å². The Hall–Kier alpha value is -2.33. The van der Waals surface area contributed by atoms with Crippen molar-refractivity contribution in [1.29, 1.82) is 0 Å². The second kappa shape index (κ2) is 7.05. The van der Waals surface area contributed by atoms with Gasteiger partial charge in [-0.2, -0.15) is 0 Å². The van der Waals surface area contributed by atoms with Gasteiger partial charge in [-0.15, -0.1) is 0 Å². The van der Waals surface area contributed by atoms with Crippen LogP contribution in [0.1, 0.15) is 25.5 Å². The van der Waals surface area contributed by atoms with E-state index in [-0.39, 0.29) is 18.1 Å². The van der Waals surface area contributed by atoms with E-state index in [1.807, 2.05) is 30.0 Å². The van der Waals surface area contributed by atoms with Crippen LogP contribution in [0.5, 0.6) is 5.75 Å². The maximum atomic E-state index is 12.3. The number of epoxide rings is 1. The predicted octanol–water partition coefficient (Wildman–Crippen LogP) is 3.67. The Kier molecular flexibility index (Phi) is 4.86. The number of amides is 1. The molecule has 0 aromatic heterocycles. The zero-order valence-corrected chi connectivity index (χ0v) is 14.4. The van der Waals surface area contributed by atoms with Gasteiger partial charge in [-0.1, -0.05) is 36.4 Å². The number of hydrogen-bond donors (Lipinski definition) is 0. The third kappa shape index (κ3) is 3.44. The molecule has 3 rings (SSSR count). The zero-order chi connectivity index (χ0) is 17.1. The Bertz CT molecular complexity index is 707. The molecular weight excluding hydrogens is 302 g/mol. The summed E-state index contributed by atoms with van der Waals surface area (Å²) in [5.74, 6) is 0.930. The predicted molar refractivity (Wildman–Crippen MR) is 94.0 cm³/mol. The highest BCUT2D eigenvalue weighted by molar-refractivity contribution is 5.83. The maximum absolute atomic E-state index is 12.3. The van der Waals surface area contributed by atoms with E-state index in [1.54, 1.807) is 7.11 Å². The van der Waals surface area contributed by atoms with Crippen molar-refractivity contribution in [2.45, 2.75) is 26.0 Å². The number of benzene rings is 2. The molecule has 1 fully saturated rings. The van der Waals surface area contributed by atoms with Crippen molar-refractivity contribution in [2.75, 3.05) is 20.3 Å². The van der Waals surface area contributed by atoms with Gasteiger partial charge in [0.05, 0.1) is 19.8 Å². The summed E-state index contributed by atoms with van der Waals surface area (Å²) in [6.07, 6.45) is -0.233. The van der Waals surface area contributed by atoms with Crippen molar-refractivity contribution in [1.82, 2.24) is 4.90 Å². The number of ether oxygens (including phenoxy) is 2. The van der Waals surface area contributed by atoms with Crippen LogP contribution in [0.3, 0.4) is 0 Å². The monoisotopic (exact) mass is 325 g/mol. The SMILES string of the molecule is CCN(C(=O)C1CO1)C(C)c1ccc(-c2cccc(OC)c2)cc1. The van der Waals surface area contributed by atoms with Gasteiger partial charge in [0, 0.05) is 6.54 Å². The Labute approximate surface area is 143 Å². The molecule has 0 radical (unpaired) electrons. The fourth-order valence-electron chi connectivity index (χ4n) is 2.93. The molecule has 0 bridgehead atoms. The highest BCUT2D eigenvalue weighted by Gasteiger charge is 2.36. The molecule has 1 amide bonds. The largest absolute Gasteiger partial charge is 0.497 e. The van der Waals surface area contributed by atoms with E-state index in [0.717, 1.165) is 22.4 Å². The van der Waals surface area contributed by atoms with Crippen LogP contribution in [0.25, 0.3) is 11.1 Å². The Morgan fingerprint density at radius 3 is 2.54 bits per heavy atom. The third-order valence-electron chi connectivity index (χ3n) is 4.50. The third-order valence-corrected chi connectivity index (χ3v) is 4.50. The number of carbonyl (C=O) groups excluding carboxylic acids is 1. The molecule has 1 aliphatic heterocycles. The summed E-state index contributed by atoms with van der Waals surface area (Å²) in [4.78, 5) is 14.2. The molecule has 1 heterocycles. The van der Waals surface area contributed by atoms with Crippen molar-refractivity contribution in [3.8, 4) is 16.9 Å². The van der Waals surface area contributed by atoms with Crippen molar-refractivity contribution in [3.63, 3.8) is 0 Å². The van der Waals surface area contributed by atoms with Crippen molar-refractivity contribution in [3.05, 3.63) is 54.1 Å². The lowest BCUT2D eigenvalue weighted by Gasteiger charge is -2.28. The van der Waals surface area contributed by atoms with Crippen molar-refractivity contribution in [2.24, 2.45) is 0 Å². The molecule has 0 N–H and O–H groups in total. The number of likely N-dealkylation sites (N-methyl/N-ethyl adjacent to an activating group) is 1. The fraction of sp³-hybridized carbons (Fsp3) is 0.350. The first-order chi connectivity index (χ1) is 11.6. The second-order valence-electron chi connectivity index (χ2n) is 5.98. The minimum Gasteiger partial charge on any atom is -0.497 e. The maximum Gasteiger partial charge on any atom is 0.254 e. The summed E-state index contributed by atoms with van der Waals surface area (Å²) in [7, 11) is 1.67. The summed E-state index contributed by atoms with van der Waals surface area (Å²) in [6, 6.07) is 16.4. The van der Waals surface area contributed by atoms with Crippen LogP contribution in [0.15, 0.2) is 48.5 Å². The lowest BCUT2D eigenvalue weighted by atomic mass is 10.0. The normalized spacial score (nSPS) is 17.2. The number of nitrogens with zero attached hydrogens (tertiary/aromatic N) is 1. The standard InChI is InChI=1S/C20H23NO3/c1-4-21(20(22)19-13-24-19)14(2)15-8-10-16(11-9-15)17-6-5-7-18(12-17)23-3/h5-12,14,19H,4,13H2,1-3H3. The highest BCUT2D eigenvalue weighted by atomic mass is 16.6. The lowest BCUT2D eigenvalue weighted by molar-refractivity contribution is -0.134. The van der Waals surface area contributed by atoms with Gasteiger partial charge in [-0.25, -0.2) is 0 Å². The van der Waals surface area contributed by atoms with E-state index in [2.05, 4.69) is 37.3 Å². The molecule has 0 aliphatic carbocycles. The van der Waals surface area contributed by atoms with E-state index < -0.39 is 0 Å². The number of rotatable bonds is 6. The number of methoxy groups -OCH3 is 1. The molecular formula is C20H23NO3. The van der Waals surface area contributed by atoms with Gasteiger partial charge >= 0.3 is 0 Å². The van der Waals surface area contributed by atoms with Gasteiger partial charge in [0.1, 0.15) is 5.75 Å². The summed E-state index contributed by atoms with van der Waals surface area (Å²) in [5, 5.41) is 0. The van der Waals surface area contributed by atoms with Gasteiger partial charge in [-0.05, 0) is 42.7 Å². The first kappa shape index (κ1) is 16.5. The molecule has 2 atom stereocenters. The van der Waals surface area contributed by atoms with Crippen LogP contribution in [0.2, 0.25) is 0 Å². The fourth-order valence-corrected chi connectivity index (χ4v) is 2.93. The highest BCUT2D eigenvalue weighted by Crippen LogP contribution is 2.28. The molecule has 2 aromatic rings. The topological polar surface area (TPSA) is 42.1 Å². The van der Waals surface area contributed by atoms with Gasteiger partial charge < -0.3 is 14.4 Å². The van der Waals surface area contributed by atoms with E-state index in [1.165, 1.54) is 0 Å². The smallest absolute Gasteiger partial charge is 0.254 e. The molecule has 1 saturated heterocycles. The summed E-state index contributed by atoms with van der Waals surface area (Å²) in [5.41, 5.74) is 3.37. The molecule has 4 heteroatoms. The molecule has 2 unspecified atom stereocenters. The minimum atomic E-state index is -0.233. The summed E-state index contributed by atoms with van der Waals surface area (Å²) in [6.45, 7) is 5.29. The van der Waals surface area contributed by atoms with Gasteiger partial charge in [-0.3, -0.25) is 4.79 Å². The molecule has 0 saturated carbocycles. The Morgan fingerprint density at radius 2 is 1.96 bits per heavy atom. The lowest BCUT2D eigenvalue weighted by Crippen LogP contribution is -2.36. The molecule has 1 aliphatic rings. The zero-order valence-electron chi connectivity index (χ0n) is 14.4. The average Bonchev–Trinajstić information content (AvgIpc) is 3.47. The average molecular weight is 325 g/mol. The molecule has 126 valence electrons. The van der Waals surface area contributed by atoms with Crippen LogP contribution in [-0.2, 0) is 9.53 Å². The Morgan fingerprint density at radius 1 is 1.25 bits per heavy atom. The van der Waals surface area contributed by atoms with Crippen LogP contribution in [0.4, 0.5) is 0 Å². The van der Waals surface area contributed by atoms with E-state index in [4.69, 9.17) is 9.47 Å². The molecule has 2 aromatic carbocycles. The molecule has 0 spiro atoms. The first-order valence-electron chi connectivity index (χ1n) is 8.30. The van der Waals surface area contributed by atoms with Gasteiger partial charge in [0.25, 0.3) is 5.91 Å². The number of carbonyl (C=O) groups is 1. The summed E-state index contributed by atoms with van der Waals surface area (Å²) < 4.78 is 10.4. The first-order valence-corrected chi connectivity index (χ1v) is 8.30. The van der Waals surface area contributed by atoms with Crippen LogP contribution < -0.4 is 4.74 Å². The van der Waals surface area contributed by atoms with Crippen molar-refractivity contribution >= 4 is 5.91 Å². The Balaban J connectivity index is 1.78. The van der Waals surface area contributed by atoms with Gasteiger partial charge in [0.2, 0.25) is 0 Å². The van der Waals surface area contributed by atoms with E-state index >= 15 is 0 Å². The quantitative estimate of drug-likeness (QED) is 0.761. The van der Waals surface area contributed by atoms with Gasteiger partial charge in [0.15, 0.2) is 6.10 Å². The van der Waals surface area contributed by atoms with E-state index in [0.29, 0.717) is 13.2 Å². The second-order valence-corrected chi connectivity index (χ2v) is 5.98. The molecule has 24 heavy (non-hydrogen) atoms. The minimum absolute atomic E-state index is 0.0334. The van der Waals surface area contributed by atoms with Crippen molar-refractivity contribution < 1.29 is 14.3 Å². The number of hydrogen-bond acceptors (Lipinski definition) is 3.